The second kappa shape index (κ2) is 6.50. The van der Waals surface area contributed by atoms with E-state index in [4.69, 9.17) is 5.26 Å². The number of benzene rings is 1. The van der Waals surface area contributed by atoms with Crippen molar-refractivity contribution in [1.29, 1.82) is 5.26 Å². The first-order valence-electron chi connectivity index (χ1n) is 7.21. The molecule has 1 saturated heterocycles. The lowest BCUT2D eigenvalue weighted by molar-refractivity contribution is 0.136. The number of rotatable bonds is 4. The highest BCUT2D eigenvalue weighted by Crippen LogP contribution is 2.29. The fourth-order valence-corrected chi connectivity index (χ4v) is 2.66. The molecule has 3 nitrogen and oxygen atoms in total. The van der Waals surface area contributed by atoms with Crippen molar-refractivity contribution in [2.24, 2.45) is 5.41 Å². The molecule has 1 aromatic rings. The third-order valence-corrected chi connectivity index (χ3v) is 4.32. The second-order valence-electron chi connectivity index (χ2n) is 6.25. The molecule has 5 heteroatoms. The zero-order valence-electron chi connectivity index (χ0n) is 12.5. The predicted octanol–water partition coefficient (Wildman–Crippen LogP) is 2.66. The number of likely N-dealkylation sites (tertiary alicyclic amines) is 1. The maximum atomic E-state index is 13.8. The van der Waals surface area contributed by atoms with Crippen molar-refractivity contribution in [3.8, 4) is 6.07 Å². The van der Waals surface area contributed by atoms with Gasteiger partial charge >= 0.3 is 0 Å². The standard InChI is InChI=1S/C16H21F2N3/c1-16(3-5-21(2)6-4-16)11-20-10-13-14(17)7-12(9-19)8-15(13)18/h7-8,20H,3-6,10-11H2,1-2H3. The minimum absolute atomic E-state index is 0.00512. The molecule has 0 radical (unpaired) electrons. The molecule has 21 heavy (non-hydrogen) atoms. The molecule has 0 atom stereocenters. The zero-order chi connectivity index (χ0) is 15.5. The van der Waals surface area contributed by atoms with Crippen LogP contribution in [0.1, 0.15) is 30.9 Å². The van der Waals surface area contributed by atoms with E-state index in [1.165, 1.54) is 0 Å². The van der Waals surface area contributed by atoms with Gasteiger partial charge in [0.25, 0.3) is 0 Å². The zero-order valence-corrected chi connectivity index (χ0v) is 12.5. The van der Waals surface area contributed by atoms with E-state index in [2.05, 4.69) is 24.2 Å². The molecular weight excluding hydrogens is 272 g/mol. The molecule has 1 fully saturated rings. The molecule has 0 saturated carbocycles. The third-order valence-electron chi connectivity index (χ3n) is 4.32. The summed E-state index contributed by atoms with van der Waals surface area (Å²) in [6, 6.07) is 3.91. The van der Waals surface area contributed by atoms with Gasteiger partial charge in [0.15, 0.2) is 0 Å². The van der Waals surface area contributed by atoms with Crippen molar-refractivity contribution in [1.82, 2.24) is 10.2 Å². The molecule has 1 N–H and O–H groups in total. The maximum absolute atomic E-state index is 13.8. The van der Waals surface area contributed by atoms with Crippen LogP contribution in [0.4, 0.5) is 8.78 Å². The minimum Gasteiger partial charge on any atom is -0.312 e. The monoisotopic (exact) mass is 293 g/mol. The number of hydrogen-bond acceptors (Lipinski definition) is 3. The van der Waals surface area contributed by atoms with E-state index < -0.39 is 11.6 Å². The van der Waals surface area contributed by atoms with Gasteiger partial charge in [0.05, 0.1) is 11.6 Å². The summed E-state index contributed by atoms with van der Waals surface area (Å²) < 4.78 is 27.5. The van der Waals surface area contributed by atoms with Crippen molar-refractivity contribution < 1.29 is 8.78 Å². The molecule has 1 heterocycles. The van der Waals surface area contributed by atoms with Crippen molar-refractivity contribution >= 4 is 0 Å². The van der Waals surface area contributed by atoms with Crippen LogP contribution in [0.2, 0.25) is 0 Å². The Morgan fingerprint density at radius 2 is 1.86 bits per heavy atom. The molecule has 0 aromatic heterocycles. The predicted molar refractivity (Wildman–Crippen MR) is 77.6 cm³/mol. The van der Waals surface area contributed by atoms with E-state index >= 15 is 0 Å². The Morgan fingerprint density at radius 3 is 2.38 bits per heavy atom. The summed E-state index contributed by atoms with van der Waals surface area (Å²) in [5.41, 5.74) is 0.188. The lowest BCUT2D eigenvalue weighted by Crippen LogP contribution is -2.42. The van der Waals surface area contributed by atoms with Crippen molar-refractivity contribution in [2.45, 2.75) is 26.3 Å². The molecule has 114 valence electrons. The van der Waals surface area contributed by atoms with E-state index in [9.17, 15) is 8.78 Å². The lowest BCUT2D eigenvalue weighted by atomic mass is 9.80. The first-order chi connectivity index (χ1) is 9.93. The molecule has 0 spiro atoms. The van der Waals surface area contributed by atoms with Crippen molar-refractivity contribution in [3.63, 3.8) is 0 Å². The Labute approximate surface area is 124 Å². The quantitative estimate of drug-likeness (QED) is 0.927. The van der Waals surface area contributed by atoms with Crippen LogP contribution < -0.4 is 5.32 Å². The van der Waals surface area contributed by atoms with Crippen LogP contribution in [-0.4, -0.2) is 31.6 Å². The van der Waals surface area contributed by atoms with Crippen molar-refractivity contribution in [2.75, 3.05) is 26.7 Å². The van der Waals surface area contributed by atoms with E-state index in [-0.39, 0.29) is 23.1 Å². The van der Waals surface area contributed by atoms with Crippen LogP contribution in [0.5, 0.6) is 0 Å². The lowest BCUT2D eigenvalue weighted by Gasteiger charge is -2.38. The Hall–Kier alpha value is -1.51. The summed E-state index contributed by atoms with van der Waals surface area (Å²) in [7, 11) is 2.11. The Bertz CT molecular complexity index is 520. The molecule has 1 aliphatic heterocycles. The molecule has 0 unspecified atom stereocenters. The van der Waals surface area contributed by atoms with Crippen molar-refractivity contribution in [3.05, 3.63) is 34.9 Å². The number of nitriles is 1. The Kier molecular flexibility index (Phi) is 4.92. The van der Waals surface area contributed by atoms with Gasteiger partial charge in [0, 0.05) is 18.7 Å². The summed E-state index contributed by atoms with van der Waals surface area (Å²) in [6.45, 7) is 5.20. The van der Waals surface area contributed by atoms with Crippen LogP contribution in [0, 0.1) is 28.4 Å². The average molecular weight is 293 g/mol. The number of piperidine rings is 1. The Balaban J connectivity index is 1.94. The number of hydrogen-bond donors (Lipinski definition) is 1. The van der Waals surface area contributed by atoms with Gasteiger partial charge in [-0.15, -0.1) is 0 Å². The molecule has 2 rings (SSSR count). The highest BCUT2D eigenvalue weighted by atomic mass is 19.1. The van der Waals surface area contributed by atoms with E-state index in [0.29, 0.717) is 0 Å². The topological polar surface area (TPSA) is 39.1 Å². The number of nitrogens with zero attached hydrogens (tertiary/aromatic N) is 2. The summed E-state index contributed by atoms with van der Waals surface area (Å²) in [4.78, 5) is 2.29. The van der Waals surface area contributed by atoms with Gasteiger partial charge in [-0.2, -0.15) is 5.26 Å². The van der Waals surface area contributed by atoms with Gasteiger partial charge in [0.1, 0.15) is 11.6 Å². The smallest absolute Gasteiger partial charge is 0.131 e. The van der Waals surface area contributed by atoms with Gasteiger partial charge in [-0.1, -0.05) is 6.92 Å². The molecule has 1 aliphatic rings. The van der Waals surface area contributed by atoms with Gasteiger partial charge in [0.2, 0.25) is 0 Å². The molecule has 0 aliphatic carbocycles. The maximum Gasteiger partial charge on any atom is 0.131 e. The largest absolute Gasteiger partial charge is 0.312 e. The highest BCUT2D eigenvalue weighted by Gasteiger charge is 2.28. The number of nitrogens with one attached hydrogen (secondary N) is 1. The van der Waals surface area contributed by atoms with Gasteiger partial charge in [-0.05, 0) is 50.5 Å². The second-order valence-corrected chi connectivity index (χ2v) is 6.25. The first kappa shape index (κ1) is 15.9. The normalized spacial score (nSPS) is 18.4. The van der Waals surface area contributed by atoms with Gasteiger partial charge in [-0.25, -0.2) is 8.78 Å². The SMILES string of the molecule is CN1CCC(C)(CNCc2c(F)cc(C#N)cc2F)CC1. The molecule has 0 bridgehead atoms. The van der Waals surface area contributed by atoms with Gasteiger partial charge < -0.3 is 10.2 Å². The van der Waals surface area contributed by atoms with Crippen LogP contribution >= 0.6 is 0 Å². The van der Waals surface area contributed by atoms with E-state index in [0.717, 1.165) is 44.6 Å². The van der Waals surface area contributed by atoms with Crippen LogP contribution in [0.15, 0.2) is 12.1 Å². The molecular formula is C16H21F2N3. The highest BCUT2D eigenvalue weighted by molar-refractivity contribution is 5.34. The number of halogens is 2. The van der Waals surface area contributed by atoms with Gasteiger partial charge in [-0.3, -0.25) is 0 Å². The summed E-state index contributed by atoms with van der Waals surface area (Å²) in [6.07, 6.45) is 2.16. The fourth-order valence-electron chi connectivity index (χ4n) is 2.66. The van der Waals surface area contributed by atoms with Crippen LogP contribution in [0.25, 0.3) is 0 Å². The van der Waals surface area contributed by atoms with Crippen LogP contribution in [-0.2, 0) is 6.54 Å². The van der Waals surface area contributed by atoms with E-state index in [1.807, 2.05) is 0 Å². The summed E-state index contributed by atoms with van der Waals surface area (Å²) in [5.74, 6) is -1.32. The fraction of sp³-hybridized carbons (Fsp3) is 0.562. The average Bonchev–Trinajstić information content (AvgIpc) is 2.45. The summed E-state index contributed by atoms with van der Waals surface area (Å²) in [5, 5.41) is 11.8. The summed E-state index contributed by atoms with van der Waals surface area (Å²) >= 11 is 0. The van der Waals surface area contributed by atoms with Crippen LogP contribution in [0.3, 0.4) is 0 Å². The van der Waals surface area contributed by atoms with E-state index in [1.54, 1.807) is 6.07 Å². The molecule has 0 amide bonds. The Morgan fingerprint density at radius 1 is 1.29 bits per heavy atom. The third kappa shape index (κ3) is 3.99. The molecule has 1 aromatic carbocycles. The minimum atomic E-state index is -0.660. The first-order valence-corrected chi connectivity index (χ1v) is 7.21.